The van der Waals surface area contributed by atoms with E-state index in [1.54, 1.807) is 11.9 Å². The molecule has 5 heteroatoms. The van der Waals surface area contributed by atoms with Crippen LogP contribution in [0.2, 0.25) is 0 Å². The average molecular weight is 290 g/mol. The van der Waals surface area contributed by atoms with Crippen LogP contribution in [0.3, 0.4) is 0 Å². The maximum absolute atomic E-state index is 12.4. The summed E-state index contributed by atoms with van der Waals surface area (Å²) in [5.74, 6) is 0.581. The maximum Gasteiger partial charge on any atom is 0.264 e. The Bertz CT molecular complexity index is 501. The summed E-state index contributed by atoms with van der Waals surface area (Å²) in [4.78, 5) is 27.6. The minimum Gasteiger partial charge on any atom is -0.480 e. The van der Waals surface area contributed by atoms with Crippen LogP contribution in [0.1, 0.15) is 19.4 Å². The van der Waals surface area contributed by atoms with E-state index in [4.69, 9.17) is 4.74 Å². The number of carbonyl (C=O) groups excluding carboxylic acids is 2. The van der Waals surface area contributed by atoms with Gasteiger partial charge in [-0.3, -0.25) is 9.59 Å². The van der Waals surface area contributed by atoms with Crippen LogP contribution in [0.15, 0.2) is 24.3 Å². The molecule has 2 rings (SSSR count). The fraction of sp³-hybridized carbons (Fsp3) is 0.500. The minimum absolute atomic E-state index is 0.0358. The van der Waals surface area contributed by atoms with Gasteiger partial charge in [0.15, 0.2) is 6.10 Å². The highest BCUT2D eigenvalue weighted by atomic mass is 16.5. The Morgan fingerprint density at radius 3 is 2.52 bits per heavy atom. The van der Waals surface area contributed by atoms with Gasteiger partial charge in [0, 0.05) is 26.6 Å². The van der Waals surface area contributed by atoms with Crippen molar-refractivity contribution < 1.29 is 14.3 Å². The zero-order valence-electron chi connectivity index (χ0n) is 12.8. The smallest absolute Gasteiger partial charge is 0.264 e. The lowest BCUT2D eigenvalue weighted by atomic mass is 10.1. The first-order valence-corrected chi connectivity index (χ1v) is 7.34. The zero-order valence-corrected chi connectivity index (χ0v) is 12.8. The van der Waals surface area contributed by atoms with Gasteiger partial charge in [-0.1, -0.05) is 18.2 Å². The number of ether oxygens (including phenoxy) is 1. The molecule has 114 valence electrons. The van der Waals surface area contributed by atoms with Crippen LogP contribution in [0, 0.1) is 0 Å². The van der Waals surface area contributed by atoms with Crippen LogP contribution in [-0.2, 0) is 16.0 Å². The number of fused-ring (bicyclic) bond motifs is 1. The number of likely N-dealkylation sites (N-methyl/N-ethyl adjacent to an activating group) is 2. The molecule has 1 aromatic rings. The molecule has 1 aromatic carbocycles. The Balaban J connectivity index is 1.94. The molecule has 5 nitrogen and oxygen atoms in total. The Morgan fingerprint density at radius 1 is 1.24 bits per heavy atom. The van der Waals surface area contributed by atoms with E-state index in [0.717, 1.165) is 11.3 Å². The molecule has 0 saturated carbocycles. The summed E-state index contributed by atoms with van der Waals surface area (Å²) in [6, 6.07) is 7.65. The van der Waals surface area contributed by atoms with Crippen LogP contribution in [0.25, 0.3) is 0 Å². The summed E-state index contributed by atoms with van der Waals surface area (Å²) in [6.45, 7) is 5.27. The number of hydrogen-bond acceptors (Lipinski definition) is 3. The van der Waals surface area contributed by atoms with Gasteiger partial charge in [0.2, 0.25) is 5.91 Å². The van der Waals surface area contributed by atoms with Crippen molar-refractivity contribution in [1.29, 1.82) is 0 Å². The standard InChI is InChI=1S/C16H22N2O3/c1-4-18(5-2)15(19)11-17(3)16(20)14-10-12-8-6-7-9-13(12)21-14/h6-9,14H,4-5,10-11H2,1-3H3. The summed E-state index contributed by atoms with van der Waals surface area (Å²) in [5.41, 5.74) is 1.04. The highest BCUT2D eigenvalue weighted by Gasteiger charge is 2.31. The molecule has 21 heavy (non-hydrogen) atoms. The van der Waals surface area contributed by atoms with Crippen molar-refractivity contribution in [2.75, 3.05) is 26.7 Å². The topological polar surface area (TPSA) is 49.9 Å². The van der Waals surface area contributed by atoms with Crippen LogP contribution < -0.4 is 4.74 Å². The third-order valence-corrected chi connectivity index (χ3v) is 3.79. The Morgan fingerprint density at radius 2 is 1.90 bits per heavy atom. The van der Waals surface area contributed by atoms with Gasteiger partial charge in [0.1, 0.15) is 5.75 Å². The van der Waals surface area contributed by atoms with Gasteiger partial charge in [-0.15, -0.1) is 0 Å². The van der Waals surface area contributed by atoms with Crippen LogP contribution in [0.4, 0.5) is 0 Å². The number of rotatable bonds is 5. The molecule has 0 aromatic heterocycles. The Hall–Kier alpha value is -2.04. The lowest BCUT2D eigenvalue weighted by Gasteiger charge is -2.24. The van der Waals surface area contributed by atoms with Crippen molar-refractivity contribution in [1.82, 2.24) is 9.80 Å². The average Bonchev–Trinajstić information content (AvgIpc) is 2.91. The number of benzene rings is 1. The Labute approximate surface area is 125 Å². The van der Waals surface area contributed by atoms with Crippen LogP contribution >= 0.6 is 0 Å². The van der Waals surface area contributed by atoms with Crippen molar-refractivity contribution in [3.05, 3.63) is 29.8 Å². The highest BCUT2D eigenvalue weighted by molar-refractivity contribution is 5.87. The Kier molecular flexibility index (Phi) is 4.83. The van der Waals surface area contributed by atoms with Crippen molar-refractivity contribution in [3.8, 4) is 5.75 Å². The number of nitrogens with zero attached hydrogens (tertiary/aromatic N) is 2. The van der Waals surface area contributed by atoms with E-state index in [9.17, 15) is 9.59 Å². The van der Waals surface area contributed by atoms with E-state index in [2.05, 4.69) is 0 Å². The van der Waals surface area contributed by atoms with E-state index >= 15 is 0 Å². The molecule has 1 aliphatic rings. The molecule has 0 aliphatic carbocycles. The van der Waals surface area contributed by atoms with Gasteiger partial charge in [-0.2, -0.15) is 0 Å². The number of hydrogen-bond donors (Lipinski definition) is 0. The predicted molar refractivity (Wildman–Crippen MR) is 80.1 cm³/mol. The van der Waals surface area contributed by atoms with E-state index < -0.39 is 6.10 Å². The third kappa shape index (κ3) is 3.35. The van der Waals surface area contributed by atoms with Crippen LogP contribution in [0.5, 0.6) is 5.75 Å². The molecule has 0 N–H and O–H groups in total. The van der Waals surface area contributed by atoms with Gasteiger partial charge in [-0.25, -0.2) is 0 Å². The molecule has 1 atom stereocenters. The molecule has 0 fully saturated rings. The van der Waals surface area contributed by atoms with Gasteiger partial charge < -0.3 is 14.5 Å². The second kappa shape index (κ2) is 6.61. The fourth-order valence-corrected chi connectivity index (χ4v) is 2.52. The lowest BCUT2D eigenvalue weighted by molar-refractivity contribution is -0.143. The lowest BCUT2D eigenvalue weighted by Crippen LogP contribution is -2.45. The zero-order chi connectivity index (χ0) is 15.4. The molecule has 1 aliphatic heterocycles. The van der Waals surface area contributed by atoms with Crippen LogP contribution in [-0.4, -0.2) is 54.4 Å². The van der Waals surface area contributed by atoms with Crippen molar-refractivity contribution >= 4 is 11.8 Å². The third-order valence-electron chi connectivity index (χ3n) is 3.79. The van der Waals surface area contributed by atoms with E-state index in [1.165, 1.54) is 4.90 Å². The summed E-state index contributed by atoms with van der Waals surface area (Å²) < 4.78 is 5.67. The molecular weight excluding hydrogens is 268 g/mol. The highest BCUT2D eigenvalue weighted by Crippen LogP contribution is 2.28. The molecule has 0 saturated heterocycles. The molecular formula is C16H22N2O3. The largest absolute Gasteiger partial charge is 0.480 e. The van der Waals surface area contributed by atoms with E-state index in [0.29, 0.717) is 19.5 Å². The first kappa shape index (κ1) is 15.4. The van der Waals surface area contributed by atoms with Crippen molar-refractivity contribution in [2.24, 2.45) is 0 Å². The molecule has 2 amide bonds. The summed E-state index contributed by atoms with van der Waals surface area (Å²) >= 11 is 0. The SMILES string of the molecule is CCN(CC)C(=O)CN(C)C(=O)C1Cc2ccccc2O1. The monoisotopic (exact) mass is 290 g/mol. The van der Waals surface area contributed by atoms with E-state index in [1.807, 2.05) is 38.1 Å². The second-order valence-electron chi connectivity index (χ2n) is 5.18. The van der Waals surface area contributed by atoms with Gasteiger partial charge in [-0.05, 0) is 25.5 Å². The number of para-hydroxylation sites is 1. The van der Waals surface area contributed by atoms with Gasteiger partial charge >= 0.3 is 0 Å². The molecule has 1 heterocycles. The predicted octanol–water partition coefficient (Wildman–Crippen LogP) is 1.32. The summed E-state index contributed by atoms with van der Waals surface area (Å²) in [6.07, 6.45) is 0.0515. The van der Waals surface area contributed by atoms with Crippen molar-refractivity contribution in [3.63, 3.8) is 0 Å². The number of carbonyl (C=O) groups is 2. The fourth-order valence-electron chi connectivity index (χ4n) is 2.52. The molecule has 0 bridgehead atoms. The van der Waals surface area contributed by atoms with Gasteiger partial charge in [0.05, 0.1) is 6.54 Å². The minimum atomic E-state index is -0.517. The second-order valence-corrected chi connectivity index (χ2v) is 5.18. The maximum atomic E-state index is 12.4. The summed E-state index contributed by atoms with van der Waals surface area (Å²) in [7, 11) is 1.65. The van der Waals surface area contributed by atoms with E-state index in [-0.39, 0.29) is 18.4 Å². The number of amides is 2. The normalized spacial score (nSPS) is 16.0. The molecule has 0 radical (unpaired) electrons. The summed E-state index contributed by atoms with van der Waals surface area (Å²) in [5, 5.41) is 0. The molecule has 1 unspecified atom stereocenters. The first-order valence-electron chi connectivity index (χ1n) is 7.34. The van der Waals surface area contributed by atoms with Gasteiger partial charge in [0.25, 0.3) is 5.91 Å². The first-order chi connectivity index (χ1) is 10.1. The quantitative estimate of drug-likeness (QED) is 0.822. The van der Waals surface area contributed by atoms with Crippen molar-refractivity contribution in [2.45, 2.75) is 26.4 Å². The molecule has 0 spiro atoms.